The second-order valence-electron chi connectivity index (χ2n) is 7.07. The highest BCUT2D eigenvalue weighted by Crippen LogP contribution is 2.27. The SMILES string of the molecule is CC1CN(Cc2ccccc2)CC1C(=O)N1CCn2nccc2C1. The van der Waals surface area contributed by atoms with E-state index in [-0.39, 0.29) is 5.92 Å². The highest BCUT2D eigenvalue weighted by Gasteiger charge is 2.37. The van der Waals surface area contributed by atoms with Crippen LogP contribution in [0.1, 0.15) is 18.2 Å². The molecular weight excluding hydrogens is 300 g/mol. The van der Waals surface area contributed by atoms with E-state index in [2.05, 4.69) is 41.2 Å². The number of rotatable bonds is 3. The van der Waals surface area contributed by atoms with E-state index in [1.807, 2.05) is 27.9 Å². The molecule has 1 saturated heterocycles. The number of nitrogens with zero attached hydrogens (tertiary/aromatic N) is 4. The van der Waals surface area contributed by atoms with E-state index in [0.717, 1.165) is 38.4 Å². The minimum absolute atomic E-state index is 0.114. The molecule has 1 aromatic heterocycles. The minimum Gasteiger partial charge on any atom is -0.335 e. The summed E-state index contributed by atoms with van der Waals surface area (Å²) >= 11 is 0. The zero-order valence-electron chi connectivity index (χ0n) is 14.1. The summed E-state index contributed by atoms with van der Waals surface area (Å²) in [6.45, 7) is 7.28. The number of hydrogen-bond acceptors (Lipinski definition) is 3. The van der Waals surface area contributed by atoms with Gasteiger partial charge in [0.1, 0.15) is 0 Å². The van der Waals surface area contributed by atoms with Crippen LogP contribution in [0.25, 0.3) is 0 Å². The summed E-state index contributed by atoms with van der Waals surface area (Å²) in [5.41, 5.74) is 2.46. The fourth-order valence-corrected chi connectivity index (χ4v) is 3.97. The van der Waals surface area contributed by atoms with Gasteiger partial charge in [0, 0.05) is 32.4 Å². The third-order valence-electron chi connectivity index (χ3n) is 5.30. The molecule has 2 aliphatic rings. The van der Waals surface area contributed by atoms with Crippen LogP contribution >= 0.6 is 0 Å². The molecule has 3 heterocycles. The number of benzene rings is 1. The Morgan fingerprint density at radius 1 is 1.17 bits per heavy atom. The first-order valence-corrected chi connectivity index (χ1v) is 8.76. The Balaban J connectivity index is 1.40. The van der Waals surface area contributed by atoms with Crippen molar-refractivity contribution < 1.29 is 4.79 Å². The van der Waals surface area contributed by atoms with E-state index in [9.17, 15) is 4.79 Å². The Morgan fingerprint density at radius 3 is 2.83 bits per heavy atom. The molecule has 1 aromatic carbocycles. The van der Waals surface area contributed by atoms with Gasteiger partial charge >= 0.3 is 0 Å². The number of likely N-dealkylation sites (tertiary alicyclic amines) is 1. The fourth-order valence-electron chi connectivity index (χ4n) is 3.97. The molecule has 0 N–H and O–H groups in total. The van der Waals surface area contributed by atoms with Gasteiger partial charge in [0.25, 0.3) is 0 Å². The molecule has 2 aromatic rings. The number of amides is 1. The van der Waals surface area contributed by atoms with Gasteiger partial charge in [-0.15, -0.1) is 0 Å². The number of fused-ring (bicyclic) bond motifs is 1. The normalized spacial score (nSPS) is 24.1. The number of carbonyl (C=O) groups is 1. The van der Waals surface area contributed by atoms with Crippen molar-refractivity contribution in [2.75, 3.05) is 19.6 Å². The lowest BCUT2D eigenvalue weighted by atomic mass is 9.96. The Bertz CT molecular complexity index is 711. The molecule has 0 radical (unpaired) electrons. The van der Waals surface area contributed by atoms with E-state index >= 15 is 0 Å². The van der Waals surface area contributed by atoms with Crippen LogP contribution in [0.2, 0.25) is 0 Å². The van der Waals surface area contributed by atoms with Gasteiger partial charge in [-0.05, 0) is 17.5 Å². The van der Waals surface area contributed by atoms with Crippen molar-refractivity contribution in [2.45, 2.75) is 26.6 Å². The standard InChI is InChI=1S/C19H24N4O/c1-15-11-21(12-16-5-3-2-4-6-16)14-18(15)19(24)22-9-10-23-17(13-22)7-8-20-23/h2-8,15,18H,9-14H2,1H3. The molecule has 4 rings (SSSR count). The zero-order valence-corrected chi connectivity index (χ0v) is 14.1. The van der Waals surface area contributed by atoms with Crippen molar-refractivity contribution in [1.82, 2.24) is 19.6 Å². The third-order valence-corrected chi connectivity index (χ3v) is 5.30. The van der Waals surface area contributed by atoms with Gasteiger partial charge in [0.15, 0.2) is 0 Å². The summed E-state index contributed by atoms with van der Waals surface area (Å²) in [7, 11) is 0. The van der Waals surface area contributed by atoms with Crippen LogP contribution in [0, 0.1) is 11.8 Å². The molecule has 0 spiro atoms. The lowest BCUT2D eigenvalue weighted by Gasteiger charge is -2.30. The molecule has 5 nitrogen and oxygen atoms in total. The van der Waals surface area contributed by atoms with Crippen LogP contribution in [-0.4, -0.2) is 45.1 Å². The van der Waals surface area contributed by atoms with E-state index < -0.39 is 0 Å². The lowest BCUT2D eigenvalue weighted by Crippen LogP contribution is -2.43. The lowest BCUT2D eigenvalue weighted by molar-refractivity contribution is -0.137. The van der Waals surface area contributed by atoms with E-state index in [0.29, 0.717) is 18.4 Å². The topological polar surface area (TPSA) is 41.4 Å². The minimum atomic E-state index is 0.114. The summed E-state index contributed by atoms with van der Waals surface area (Å²) in [6, 6.07) is 12.5. The number of hydrogen-bond donors (Lipinski definition) is 0. The first-order chi connectivity index (χ1) is 11.7. The summed E-state index contributed by atoms with van der Waals surface area (Å²) in [4.78, 5) is 17.4. The quantitative estimate of drug-likeness (QED) is 0.867. The van der Waals surface area contributed by atoms with Crippen LogP contribution in [0.4, 0.5) is 0 Å². The molecule has 2 aliphatic heterocycles. The Labute approximate surface area is 142 Å². The first-order valence-electron chi connectivity index (χ1n) is 8.76. The van der Waals surface area contributed by atoms with Crippen molar-refractivity contribution in [3.05, 3.63) is 53.9 Å². The second-order valence-corrected chi connectivity index (χ2v) is 7.07. The molecule has 2 atom stereocenters. The molecule has 24 heavy (non-hydrogen) atoms. The van der Waals surface area contributed by atoms with Crippen molar-refractivity contribution >= 4 is 5.91 Å². The maximum atomic E-state index is 13.0. The molecule has 5 heteroatoms. The van der Waals surface area contributed by atoms with Gasteiger partial charge in [0.05, 0.1) is 24.7 Å². The predicted octanol–water partition coefficient (Wildman–Crippen LogP) is 1.99. The van der Waals surface area contributed by atoms with E-state index in [1.54, 1.807) is 0 Å². The van der Waals surface area contributed by atoms with Gasteiger partial charge < -0.3 is 4.90 Å². The fraction of sp³-hybridized carbons (Fsp3) is 0.474. The summed E-state index contributed by atoms with van der Waals surface area (Å²) in [5, 5.41) is 4.29. The monoisotopic (exact) mass is 324 g/mol. The highest BCUT2D eigenvalue weighted by atomic mass is 16.2. The number of carbonyl (C=O) groups excluding carboxylic acids is 1. The summed E-state index contributed by atoms with van der Waals surface area (Å²) in [5.74, 6) is 0.835. The molecule has 1 amide bonds. The summed E-state index contributed by atoms with van der Waals surface area (Å²) in [6.07, 6.45) is 1.82. The van der Waals surface area contributed by atoms with Crippen molar-refractivity contribution in [1.29, 1.82) is 0 Å². The summed E-state index contributed by atoms with van der Waals surface area (Å²) < 4.78 is 2.00. The zero-order chi connectivity index (χ0) is 16.5. The average molecular weight is 324 g/mol. The van der Waals surface area contributed by atoms with Crippen LogP contribution in [0.15, 0.2) is 42.6 Å². The van der Waals surface area contributed by atoms with Gasteiger partial charge in [-0.2, -0.15) is 5.10 Å². The van der Waals surface area contributed by atoms with E-state index in [4.69, 9.17) is 0 Å². The second kappa shape index (κ2) is 6.40. The Hall–Kier alpha value is -2.14. The molecule has 2 unspecified atom stereocenters. The third kappa shape index (κ3) is 2.96. The first kappa shape index (κ1) is 15.4. The van der Waals surface area contributed by atoms with E-state index in [1.165, 1.54) is 5.56 Å². The van der Waals surface area contributed by atoms with Crippen LogP contribution in [0.3, 0.4) is 0 Å². The van der Waals surface area contributed by atoms with Gasteiger partial charge in [0.2, 0.25) is 5.91 Å². The largest absolute Gasteiger partial charge is 0.335 e. The molecular formula is C19H24N4O. The Morgan fingerprint density at radius 2 is 2.00 bits per heavy atom. The molecule has 0 saturated carbocycles. The average Bonchev–Trinajstić information content (AvgIpc) is 3.20. The van der Waals surface area contributed by atoms with Crippen LogP contribution in [0.5, 0.6) is 0 Å². The van der Waals surface area contributed by atoms with Crippen molar-refractivity contribution in [3.63, 3.8) is 0 Å². The smallest absolute Gasteiger partial charge is 0.227 e. The van der Waals surface area contributed by atoms with Crippen LogP contribution < -0.4 is 0 Å². The predicted molar refractivity (Wildman–Crippen MR) is 92.0 cm³/mol. The number of aromatic nitrogens is 2. The Kier molecular flexibility index (Phi) is 4.10. The van der Waals surface area contributed by atoms with Gasteiger partial charge in [-0.1, -0.05) is 37.3 Å². The highest BCUT2D eigenvalue weighted by molar-refractivity contribution is 5.79. The van der Waals surface area contributed by atoms with Crippen LogP contribution in [-0.2, 0) is 24.4 Å². The van der Waals surface area contributed by atoms with Gasteiger partial charge in [-0.25, -0.2) is 0 Å². The molecule has 126 valence electrons. The van der Waals surface area contributed by atoms with Gasteiger partial charge in [-0.3, -0.25) is 14.4 Å². The van der Waals surface area contributed by atoms with Crippen molar-refractivity contribution in [3.8, 4) is 0 Å². The molecule has 1 fully saturated rings. The maximum absolute atomic E-state index is 13.0. The maximum Gasteiger partial charge on any atom is 0.227 e. The van der Waals surface area contributed by atoms with Crippen molar-refractivity contribution in [2.24, 2.45) is 11.8 Å². The molecule has 0 bridgehead atoms. The molecule has 0 aliphatic carbocycles.